The molecule has 0 atom stereocenters. The van der Waals surface area contributed by atoms with E-state index in [1.54, 1.807) is 0 Å². The van der Waals surface area contributed by atoms with Gasteiger partial charge in [0.15, 0.2) is 0 Å². The smallest absolute Gasteiger partial charge is 0.249 e. The van der Waals surface area contributed by atoms with Crippen molar-refractivity contribution in [3.05, 3.63) is 12.7 Å². The molecular weight excluding hydrogens is 274 g/mol. The number of rotatable bonds is 3. The second-order valence-electron chi connectivity index (χ2n) is 6.85. The molecule has 2 saturated heterocycles. The van der Waals surface area contributed by atoms with Crippen molar-refractivity contribution in [1.29, 1.82) is 0 Å². The Morgan fingerprint density at radius 1 is 1.19 bits per heavy atom. The number of halogens is 2. The van der Waals surface area contributed by atoms with Crippen LogP contribution in [0.1, 0.15) is 38.5 Å². The van der Waals surface area contributed by atoms with E-state index in [9.17, 15) is 13.6 Å². The number of likely N-dealkylation sites (tertiary alicyclic amines) is 2. The van der Waals surface area contributed by atoms with E-state index >= 15 is 0 Å². The molecule has 0 aromatic carbocycles. The van der Waals surface area contributed by atoms with Crippen molar-refractivity contribution in [2.75, 3.05) is 26.2 Å². The van der Waals surface area contributed by atoms with Gasteiger partial charge in [-0.2, -0.15) is 0 Å². The minimum absolute atomic E-state index is 0.0518. The van der Waals surface area contributed by atoms with E-state index < -0.39 is 11.8 Å². The molecule has 1 aliphatic carbocycles. The molecule has 21 heavy (non-hydrogen) atoms. The fourth-order valence-corrected chi connectivity index (χ4v) is 4.24. The second kappa shape index (κ2) is 5.34. The Bertz CT molecular complexity index is 422. The van der Waals surface area contributed by atoms with Crippen molar-refractivity contribution in [3.63, 3.8) is 0 Å². The van der Waals surface area contributed by atoms with E-state index in [4.69, 9.17) is 0 Å². The zero-order valence-corrected chi connectivity index (χ0v) is 12.5. The molecule has 118 valence electrons. The summed E-state index contributed by atoms with van der Waals surface area (Å²) in [5.74, 6) is -3.10. The van der Waals surface area contributed by atoms with E-state index in [-0.39, 0.29) is 24.3 Å². The van der Waals surface area contributed by atoms with Crippen LogP contribution < -0.4 is 0 Å². The van der Waals surface area contributed by atoms with Gasteiger partial charge in [-0.25, -0.2) is 8.78 Å². The first-order chi connectivity index (χ1) is 9.96. The third kappa shape index (κ3) is 2.72. The molecule has 1 saturated carbocycles. The fourth-order valence-electron chi connectivity index (χ4n) is 4.24. The highest BCUT2D eigenvalue weighted by Crippen LogP contribution is 2.44. The van der Waals surface area contributed by atoms with Crippen molar-refractivity contribution in [2.24, 2.45) is 5.92 Å². The molecule has 0 bridgehead atoms. The second-order valence-corrected chi connectivity index (χ2v) is 6.85. The molecular formula is C16H24F2N2O. The Balaban J connectivity index is 1.55. The Kier molecular flexibility index (Phi) is 3.80. The number of amides is 1. The van der Waals surface area contributed by atoms with E-state index in [0.717, 1.165) is 25.9 Å². The van der Waals surface area contributed by atoms with Crippen LogP contribution in [0.4, 0.5) is 8.78 Å². The number of nitrogens with zero attached hydrogens (tertiary/aromatic N) is 2. The highest BCUT2D eigenvalue weighted by atomic mass is 19.3. The summed E-state index contributed by atoms with van der Waals surface area (Å²) >= 11 is 0. The monoisotopic (exact) mass is 298 g/mol. The van der Waals surface area contributed by atoms with Crippen LogP contribution in [0.25, 0.3) is 0 Å². The molecule has 3 fully saturated rings. The van der Waals surface area contributed by atoms with Crippen molar-refractivity contribution >= 4 is 5.91 Å². The first-order valence-corrected chi connectivity index (χ1v) is 7.98. The van der Waals surface area contributed by atoms with Crippen molar-refractivity contribution in [1.82, 2.24) is 9.80 Å². The van der Waals surface area contributed by atoms with Crippen LogP contribution in [0.3, 0.4) is 0 Å². The summed E-state index contributed by atoms with van der Waals surface area (Å²) < 4.78 is 25.8. The largest absolute Gasteiger partial charge is 0.342 e. The summed E-state index contributed by atoms with van der Waals surface area (Å²) in [4.78, 5) is 16.5. The zero-order valence-electron chi connectivity index (χ0n) is 12.5. The Labute approximate surface area is 125 Å². The van der Waals surface area contributed by atoms with E-state index in [0.29, 0.717) is 13.1 Å². The molecule has 1 spiro atoms. The quantitative estimate of drug-likeness (QED) is 0.748. The average molecular weight is 298 g/mol. The molecule has 0 N–H and O–H groups in total. The molecule has 1 amide bonds. The molecule has 3 rings (SSSR count). The van der Waals surface area contributed by atoms with Gasteiger partial charge >= 0.3 is 0 Å². The number of alkyl halides is 2. The van der Waals surface area contributed by atoms with Crippen LogP contribution in [0.5, 0.6) is 0 Å². The van der Waals surface area contributed by atoms with Gasteiger partial charge in [-0.15, -0.1) is 6.58 Å². The van der Waals surface area contributed by atoms with E-state index in [2.05, 4.69) is 11.5 Å². The zero-order chi connectivity index (χ0) is 15.1. The first-order valence-electron chi connectivity index (χ1n) is 7.98. The van der Waals surface area contributed by atoms with Crippen LogP contribution in [0.2, 0.25) is 0 Å². The van der Waals surface area contributed by atoms with Crippen LogP contribution in [0, 0.1) is 5.92 Å². The molecule has 3 nitrogen and oxygen atoms in total. The minimum Gasteiger partial charge on any atom is -0.342 e. The predicted molar refractivity (Wildman–Crippen MR) is 77.2 cm³/mol. The fraction of sp³-hybridized carbons (Fsp3) is 0.812. The van der Waals surface area contributed by atoms with Crippen LogP contribution in [0.15, 0.2) is 12.7 Å². The minimum atomic E-state index is -2.61. The van der Waals surface area contributed by atoms with E-state index in [1.807, 2.05) is 11.0 Å². The van der Waals surface area contributed by atoms with Crippen molar-refractivity contribution in [3.8, 4) is 0 Å². The van der Waals surface area contributed by atoms with Gasteiger partial charge in [-0.3, -0.25) is 9.69 Å². The van der Waals surface area contributed by atoms with Gasteiger partial charge in [0.1, 0.15) is 0 Å². The lowest BCUT2D eigenvalue weighted by molar-refractivity contribution is -0.161. The lowest BCUT2D eigenvalue weighted by Gasteiger charge is -2.46. The normalized spacial score (nSPS) is 28.6. The molecule has 5 heteroatoms. The Morgan fingerprint density at radius 2 is 1.86 bits per heavy atom. The first kappa shape index (κ1) is 14.9. The molecule has 0 unspecified atom stereocenters. The summed E-state index contributed by atoms with van der Waals surface area (Å²) in [6.45, 7) is 7.27. The number of hydrogen-bond acceptors (Lipinski definition) is 2. The highest BCUT2D eigenvalue weighted by Gasteiger charge is 2.51. The number of carbonyl (C=O) groups is 1. The van der Waals surface area contributed by atoms with Gasteiger partial charge in [-0.05, 0) is 32.2 Å². The SMILES string of the molecule is C=CCN1CCCC12CCN(C(=O)C1CC(F)(F)C1)CC2. The van der Waals surface area contributed by atoms with Crippen molar-refractivity contribution < 1.29 is 13.6 Å². The standard InChI is InChI=1S/C16H24F2N2O/c1-2-7-20-8-3-4-15(20)5-9-19(10-6-15)14(21)13-11-16(17,18)12-13/h2,13H,1,3-12H2. The van der Waals surface area contributed by atoms with Gasteiger partial charge < -0.3 is 4.90 Å². The van der Waals surface area contributed by atoms with Crippen LogP contribution >= 0.6 is 0 Å². The molecule has 3 aliphatic rings. The van der Waals surface area contributed by atoms with Gasteiger partial charge in [0.25, 0.3) is 0 Å². The maximum absolute atomic E-state index is 12.9. The maximum Gasteiger partial charge on any atom is 0.249 e. The van der Waals surface area contributed by atoms with Gasteiger partial charge in [-0.1, -0.05) is 6.08 Å². The number of hydrogen-bond donors (Lipinski definition) is 0. The average Bonchev–Trinajstić information content (AvgIpc) is 2.79. The number of piperidine rings is 1. The molecule has 2 aliphatic heterocycles. The molecule has 0 aromatic rings. The third-order valence-corrected chi connectivity index (χ3v) is 5.54. The predicted octanol–water partition coefficient (Wildman–Crippen LogP) is 2.67. The number of carbonyl (C=O) groups excluding carboxylic acids is 1. The summed E-state index contributed by atoms with van der Waals surface area (Å²) in [5.41, 5.74) is 0.217. The van der Waals surface area contributed by atoms with Gasteiger partial charge in [0, 0.05) is 43.9 Å². The lowest BCUT2D eigenvalue weighted by atomic mass is 9.79. The van der Waals surface area contributed by atoms with Crippen LogP contribution in [-0.2, 0) is 4.79 Å². The van der Waals surface area contributed by atoms with Crippen molar-refractivity contribution in [2.45, 2.75) is 50.0 Å². The molecule has 0 aromatic heterocycles. The highest BCUT2D eigenvalue weighted by molar-refractivity contribution is 5.80. The molecule has 0 radical (unpaired) electrons. The maximum atomic E-state index is 12.9. The third-order valence-electron chi connectivity index (χ3n) is 5.54. The summed E-state index contributed by atoms with van der Waals surface area (Å²) in [6.07, 6.45) is 5.76. The van der Waals surface area contributed by atoms with Gasteiger partial charge in [0.05, 0.1) is 0 Å². The Hall–Kier alpha value is -0.970. The summed E-state index contributed by atoms with van der Waals surface area (Å²) in [5, 5.41) is 0. The topological polar surface area (TPSA) is 23.6 Å². The van der Waals surface area contributed by atoms with Crippen LogP contribution in [-0.4, -0.2) is 53.3 Å². The van der Waals surface area contributed by atoms with Gasteiger partial charge in [0.2, 0.25) is 11.8 Å². The summed E-state index contributed by atoms with van der Waals surface area (Å²) in [7, 11) is 0. The Morgan fingerprint density at radius 3 is 2.43 bits per heavy atom. The summed E-state index contributed by atoms with van der Waals surface area (Å²) in [6, 6.07) is 0. The lowest BCUT2D eigenvalue weighted by Crippen LogP contribution is -2.55. The van der Waals surface area contributed by atoms with E-state index in [1.165, 1.54) is 12.8 Å². The molecule has 2 heterocycles.